The van der Waals surface area contributed by atoms with Crippen LogP contribution < -0.4 is 4.74 Å². The van der Waals surface area contributed by atoms with Crippen LogP contribution in [0.15, 0.2) is 36.4 Å². The largest absolute Gasteiger partial charge is 0.497 e. The molecule has 2 amide bonds. The van der Waals surface area contributed by atoms with E-state index in [1.165, 1.54) is 0 Å². The molecule has 1 saturated heterocycles. The summed E-state index contributed by atoms with van der Waals surface area (Å²) in [6, 6.07) is 11.9. The Bertz CT molecular complexity index is 1270. The number of carbonyl (C=O) groups excluding carboxylic acids is 2. The highest BCUT2D eigenvalue weighted by molar-refractivity contribution is 5.93. The van der Waals surface area contributed by atoms with Gasteiger partial charge in [0.15, 0.2) is 11.3 Å². The summed E-state index contributed by atoms with van der Waals surface area (Å²) in [4.78, 5) is 34.7. The van der Waals surface area contributed by atoms with Crippen LogP contribution >= 0.6 is 0 Å². The van der Waals surface area contributed by atoms with Crippen molar-refractivity contribution in [3.63, 3.8) is 0 Å². The van der Waals surface area contributed by atoms with Gasteiger partial charge in [-0.2, -0.15) is 5.10 Å². The Balaban J connectivity index is 1.30. The molecule has 0 bridgehead atoms. The molecule has 2 aliphatic rings. The van der Waals surface area contributed by atoms with E-state index in [9.17, 15) is 9.59 Å². The number of benzene rings is 1. The summed E-state index contributed by atoms with van der Waals surface area (Å²) in [7, 11) is 3.63. The Morgan fingerprint density at radius 2 is 1.86 bits per heavy atom. The second kappa shape index (κ2) is 9.91. The average Bonchev–Trinajstić information content (AvgIpc) is 3.65. The quantitative estimate of drug-likeness (QED) is 0.506. The maximum atomic E-state index is 13.3. The van der Waals surface area contributed by atoms with Crippen LogP contribution in [0.3, 0.4) is 0 Å². The molecule has 2 aromatic heterocycles. The van der Waals surface area contributed by atoms with Crippen molar-refractivity contribution in [2.75, 3.05) is 27.2 Å². The monoisotopic (exact) mass is 489 g/mol. The van der Waals surface area contributed by atoms with Gasteiger partial charge in [0.25, 0.3) is 5.91 Å². The number of hydrogen-bond acceptors (Lipinski definition) is 5. The molecular formula is C28H35N5O3. The second-order valence-corrected chi connectivity index (χ2v) is 10.3. The van der Waals surface area contributed by atoms with Crippen molar-refractivity contribution in [1.29, 1.82) is 0 Å². The number of amides is 2. The van der Waals surface area contributed by atoms with E-state index < -0.39 is 0 Å². The predicted octanol–water partition coefficient (Wildman–Crippen LogP) is 3.69. The predicted molar refractivity (Wildman–Crippen MR) is 137 cm³/mol. The Hall–Kier alpha value is -3.42. The van der Waals surface area contributed by atoms with Crippen LogP contribution in [0.4, 0.5) is 0 Å². The lowest BCUT2D eigenvalue weighted by Crippen LogP contribution is -2.48. The van der Waals surface area contributed by atoms with Gasteiger partial charge in [0, 0.05) is 49.6 Å². The third kappa shape index (κ3) is 4.94. The molecule has 0 spiro atoms. The van der Waals surface area contributed by atoms with E-state index >= 15 is 0 Å². The van der Waals surface area contributed by atoms with Crippen molar-refractivity contribution in [3.8, 4) is 5.75 Å². The first-order valence-corrected chi connectivity index (χ1v) is 12.9. The smallest absolute Gasteiger partial charge is 0.274 e. The van der Waals surface area contributed by atoms with Crippen molar-refractivity contribution < 1.29 is 14.3 Å². The summed E-state index contributed by atoms with van der Waals surface area (Å²) < 4.78 is 7.15. The maximum Gasteiger partial charge on any atom is 0.274 e. The minimum atomic E-state index is -0.0530. The highest BCUT2D eigenvalue weighted by Crippen LogP contribution is 2.34. The fraction of sp³-hybridized carbons (Fsp3) is 0.500. The fourth-order valence-corrected chi connectivity index (χ4v) is 5.48. The number of ether oxygens (including phenoxy) is 1. The topological polar surface area (TPSA) is 80.0 Å². The normalized spacial score (nSPS) is 17.3. The van der Waals surface area contributed by atoms with E-state index in [1.54, 1.807) is 17.7 Å². The van der Waals surface area contributed by atoms with E-state index in [-0.39, 0.29) is 23.8 Å². The zero-order valence-electron chi connectivity index (χ0n) is 21.6. The van der Waals surface area contributed by atoms with Gasteiger partial charge in [0.05, 0.1) is 7.11 Å². The molecule has 5 rings (SSSR count). The molecule has 0 unspecified atom stereocenters. The van der Waals surface area contributed by atoms with Crippen LogP contribution in [0, 0.1) is 25.7 Å². The molecule has 3 aromatic rings. The molecule has 0 radical (unpaired) electrons. The van der Waals surface area contributed by atoms with Gasteiger partial charge in [-0.05, 0) is 75.6 Å². The molecule has 0 N–H and O–H groups in total. The number of nitrogens with zero attached hydrogens (tertiary/aromatic N) is 5. The lowest BCUT2D eigenvalue weighted by Gasteiger charge is -2.40. The number of likely N-dealkylation sites (N-methyl/N-ethyl adjacent to an activating group) is 1. The maximum absolute atomic E-state index is 13.3. The first kappa shape index (κ1) is 24.3. The SMILES string of the molecule is COc1cccc(C[C@H](C2CCN(C(=O)c3cc4nc(C)cc(C)n4n3)CC2)N(C)C(=O)C2CC2)c1. The van der Waals surface area contributed by atoms with E-state index in [0.717, 1.165) is 54.8 Å². The molecule has 8 heteroatoms. The number of likely N-dealkylation sites (tertiary alicyclic amines) is 1. The van der Waals surface area contributed by atoms with E-state index in [4.69, 9.17) is 4.74 Å². The summed E-state index contributed by atoms with van der Waals surface area (Å²) in [5.41, 5.74) is 4.16. The zero-order chi connectivity index (χ0) is 25.4. The standard InChI is InChI=1S/C28H35N5O3/c1-18-14-19(2)33-26(29-18)17-24(30-33)28(35)32-12-10-21(11-13-32)25(31(3)27(34)22-8-9-22)16-20-6-5-7-23(15-20)36-4/h5-7,14-15,17,21-22,25H,8-13,16H2,1-4H3/t25-/m1/s1. The summed E-state index contributed by atoms with van der Waals surface area (Å²) in [6.45, 7) is 5.22. The molecule has 2 fully saturated rings. The zero-order valence-corrected chi connectivity index (χ0v) is 21.6. The molecule has 1 saturated carbocycles. The number of rotatable bonds is 7. The number of aryl methyl sites for hydroxylation is 2. The van der Waals surface area contributed by atoms with Gasteiger partial charge in [-0.3, -0.25) is 9.59 Å². The molecule has 8 nitrogen and oxygen atoms in total. The molecule has 1 aromatic carbocycles. The van der Waals surface area contributed by atoms with E-state index in [1.807, 2.05) is 48.9 Å². The van der Waals surface area contributed by atoms with Crippen LogP contribution in [-0.4, -0.2) is 69.5 Å². The van der Waals surface area contributed by atoms with Gasteiger partial charge in [-0.1, -0.05) is 12.1 Å². The van der Waals surface area contributed by atoms with Crippen LogP contribution in [-0.2, 0) is 11.2 Å². The third-order valence-electron chi connectivity index (χ3n) is 7.67. The molecule has 1 atom stereocenters. The molecule has 1 aliphatic carbocycles. The minimum absolute atomic E-state index is 0.0530. The lowest BCUT2D eigenvalue weighted by molar-refractivity contribution is -0.134. The van der Waals surface area contributed by atoms with Gasteiger partial charge in [0.2, 0.25) is 5.91 Å². The van der Waals surface area contributed by atoms with Crippen molar-refractivity contribution in [1.82, 2.24) is 24.4 Å². The van der Waals surface area contributed by atoms with Gasteiger partial charge in [-0.25, -0.2) is 9.50 Å². The first-order valence-electron chi connectivity index (χ1n) is 12.9. The van der Waals surface area contributed by atoms with E-state index in [2.05, 4.69) is 22.2 Å². The fourth-order valence-electron chi connectivity index (χ4n) is 5.48. The highest BCUT2D eigenvalue weighted by atomic mass is 16.5. The summed E-state index contributed by atoms with van der Waals surface area (Å²) in [6.07, 6.45) is 4.48. The first-order chi connectivity index (χ1) is 17.3. The highest BCUT2D eigenvalue weighted by Gasteiger charge is 2.38. The number of hydrogen-bond donors (Lipinski definition) is 0. The number of fused-ring (bicyclic) bond motifs is 1. The van der Waals surface area contributed by atoms with Crippen LogP contribution in [0.1, 0.15) is 53.1 Å². The van der Waals surface area contributed by atoms with Gasteiger partial charge < -0.3 is 14.5 Å². The average molecular weight is 490 g/mol. The third-order valence-corrected chi connectivity index (χ3v) is 7.67. The van der Waals surface area contributed by atoms with Crippen LogP contribution in [0.25, 0.3) is 5.65 Å². The van der Waals surface area contributed by atoms with Crippen LogP contribution in [0.2, 0.25) is 0 Å². The van der Waals surface area contributed by atoms with E-state index in [0.29, 0.717) is 30.3 Å². The summed E-state index contributed by atoms with van der Waals surface area (Å²) in [5, 5.41) is 4.53. The Morgan fingerprint density at radius 3 is 2.56 bits per heavy atom. The second-order valence-electron chi connectivity index (χ2n) is 10.3. The molecule has 1 aliphatic heterocycles. The molecular weight excluding hydrogens is 454 g/mol. The Kier molecular flexibility index (Phi) is 6.69. The van der Waals surface area contributed by atoms with Gasteiger partial charge in [-0.15, -0.1) is 0 Å². The molecule has 190 valence electrons. The van der Waals surface area contributed by atoms with Gasteiger partial charge >= 0.3 is 0 Å². The number of carbonyl (C=O) groups is 2. The minimum Gasteiger partial charge on any atom is -0.497 e. The summed E-state index contributed by atoms with van der Waals surface area (Å²) in [5.74, 6) is 1.53. The number of piperidine rings is 1. The van der Waals surface area contributed by atoms with Crippen molar-refractivity contribution in [2.45, 2.75) is 52.0 Å². The van der Waals surface area contributed by atoms with Crippen molar-refractivity contribution in [2.24, 2.45) is 11.8 Å². The Labute approximate surface area is 212 Å². The summed E-state index contributed by atoms with van der Waals surface area (Å²) >= 11 is 0. The molecule has 36 heavy (non-hydrogen) atoms. The van der Waals surface area contributed by atoms with Crippen molar-refractivity contribution >= 4 is 17.5 Å². The molecule has 3 heterocycles. The van der Waals surface area contributed by atoms with Crippen LogP contribution in [0.5, 0.6) is 5.75 Å². The Morgan fingerprint density at radius 1 is 1.11 bits per heavy atom. The number of aromatic nitrogens is 3. The van der Waals surface area contributed by atoms with Crippen molar-refractivity contribution in [3.05, 3.63) is 59.0 Å². The number of methoxy groups -OCH3 is 1. The lowest BCUT2D eigenvalue weighted by atomic mass is 9.84. The van der Waals surface area contributed by atoms with Gasteiger partial charge in [0.1, 0.15) is 5.75 Å².